The van der Waals surface area contributed by atoms with Crippen molar-refractivity contribution in [3.63, 3.8) is 0 Å². The number of pyridine rings is 1. The molecule has 1 fully saturated rings. The van der Waals surface area contributed by atoms with Gasteiger partial charge in [0.2, 0.25) is 0 Å². The molecule has 40 heavy (non-hydrogen) atoms. The van der Waals surface area contributed by atoms with Crippen LogP contribution in [-0.2, 0) is 6.54 Å². The van der Waals surface area contributed by atoms with E-state index in [1.165, 1.54) is 0 Å². The maximum absolute atomic E-state index is 13.8. The topological polar surface area (TPSA) is 80.6 Å². The minimum atomic E-state index is -0.103. The number of allylic oxidation sites excluding steroid dienone is 2. The van der Waals surface area contributed by atoms with Crippen LogP contribution < -0.4 is 15.2 Å². The van der Waals surface area contributed by atoms with Crippen LogP contribution in [0.5, 0.6) is 5.75 Å². The summed E-state index contributed by atoms with van der Waals surface area (Å²) in [7, 11) is 3.52. The lowest BCUT2D eigenvalue weighted by Gasteiger charge is -2.37. The number of rotatable bonds is 9. The van der Waals surface area contributed by atoms with Gasteiger partial charge in [0.15, 0.2) is 0 Å². The Morgan fingerprint density at radius 3 is 2.65 bits per heavy atom. The van der Waals surface area contributed by atoms with Crippen molar-refractivity contribution >= 4 is 17.8 Å². The van der Waals surface area contributed by atoms with Crippen molar-refractivity contribution in [3.8, 4) is 17.0 Å². The van der Waals surface area contributed by atoms with E-state index in [4.69, 9.17) is 4.74 Å². The first-order valence-corrected chi connectivity index (χ1v) is 13.7. The van der Waals surface area contributed by atoms with Gasteiger partial charge >= 0.3 is 0 Å². The van der Waals surface area contributed by atoms with E-state index in [0.29, 0.717) is 29.2 Å². The van der Waals surface area contributed by atoms with Crippen LogP contribution in [0.2, 0.25) is 0 Å². The summed E-state index contributed by atoms with van der Waals surface area (Å²) < 4.78 is 6.92. The van der Waals surface area contributed by atoms with Crippen LogP contribution in [-0.4, -0.2) is 58.6 Å². The van der Waals surface area contributed by atoms with Gasteiger partial charge < -0.3 is 19.1 Å². The van der Waals surface area contributed by atoms with Crippen molar-refractivity contribution in [2.24, 2.45) is 5.92 Å². The Kier molecular flexibility index (Phi) is 9.19. The van der Waals surface area contributed by atoms with Crippen LogP contribution in [0, 0.1) is 12.8 Å². The van der Waals surface area contributed by atoms with Crippen LogP contribution in [0.1, 0.15) is 48.2 Å². The van der Waals surface area contributed by atoms with Crippen molar-refractivity contribution in [1.82, 2.24) is 19.4 Å². The number of methoxy groups -OCH3 is 1. The average Bonchev–Trinajstić information content (AvgIpc) is 2.98. The Hall–Kier alpha value is -4.20. The molecule has 3 heterocycles. The number of hydrogen-bond acceptors (Lipinski definition) is 6. The van der Waals surface area contributed by atoms with E-state index in [-0.39, 0.29) is 17.5 Å². The first-order valence-electron chi connectivity index (χ1n) is 13.7. The molecular weight excluding hydrogens is 502 g/mol. The Labute approximate surface area is 236 Å². The van der Waals surface area contributed by atoms with Crippen molar-refractivity contribution in [2.45, 2.75) is 46.2 Å². The number of aromatic nitrogens is 3. The van der Waals surface area contributed by atoms with Gasteiger partial charge in [-0.25, -0.2) is 9.97 Å². The van der Waals surface area contributed by atoms with Crippen LogP contribution >= 0.6 is 0 Å². The number of anilines is 1. The quantitative estimate of drug-likeness (QED) is 0.346. The second-order valence-electron chi connectivity index (χ2n) is 10.6. The molecular formula is C32H39N5O3. The molecule has 3 aromatic rings. The van der Waals surface area contributed by atoms with Crippen molar-refractivity contribution < 1.29 is 9.53 Å². The highest BCUT2D eigenvalue weighted by molar-refractivity contribution is 5.98. The predicted octanol–water partition coefficient (Wildman–Crippen LogP) is 5.22. The number of nitrogens with zero attached hydrogens (tertiary/aromatic N) is 5. The third-order valence-electron chi connectivity index (χ3n) is 7.44. The zero-order chi connectivity index (χ0) is 28.8. The summed E-state index contributed by atoms with van der Waals surface area (Å²) in [6.45, 7) is 11.6. The standard InChI is InChI=1S/C32H39N5O3/c1-7-15-37-20-28(27(12-11-22(2)3)23(4)31(37)38)32(39)35(5)25-13-16-36(17-14-25)30-19-29(33-21-34-30)24-9-8-10-26(18-24)40-6/h7-12,18-22,25H,1,13-17H2,2-6H3/b12-11-. The first kappa shape index (κ1) is 28.8. The molecule has 1 aliphatic rings. The zero-order valence-corrected chi connectivity index (χ0v) is 24.1. The summed E-state index contributed by atoms with van der Waals surface area (Å²) in [5.74, 6) is 1.87. The average molecular weight is 542 g/mol. The number of benzene rings is 1. The van der Waals surface area contributed by atoms with E-state index in [1.54, 1.807) is 37.2 Å². The van der Waals surface area contributed by atoms with Gasteiger partial charge in [0.1, 0.15) is 17.9 Å². The lowest BCUT2D eigenvalue weighted by molar-refractivity contribution is 0.0708. The summed E-state index contributed by atoms with van der Waals surface area (Å²) in [4.78, 5) is 39.8. The van der Waals surface area contributed by atoms with Crippen molar-refractivity contribution in [2.75, 3.05) is 32.1 Å². The lowest BCUT2D eigenvalue weighted by Crippen LogP contribution is -2.46. The van der Waals surface area contributed by atoms with Gasteiger partial charge in [0.25, 0.3) is 11.5 Å². The Morgan fingerprint density at radius 2 is 1.98 bits per heavy atom. The molecule has 0 N–H and O–H groups in total. The zero-order valence-electron chi connectivity index (χ0n) is 24.1. The minimum absolute atomic E-state index is 0.0745. The van der Waals surface area contributed by atoms with E-state index in [1.807, 2.05) is 54.4 Å². The fourth-order valence-electron chi connectivity index (χ4n) is 5.06. The molecule has 0 bridgehead atoms. The fraction of sp³-hybridized carbons (Fsp3) is 0.375. The lowest BCUT2D eigenvalue weighted by atomic mass is 9.99. The number of carbonyl (C=O) groups is 1. The molecule has 8 heteroatoms. The molecule has 1 aliphatic heterocycles. The summed E-state index contributed by atoms with van der Waals surface area (Å²) in [5.41, 5.74) is 3.51. The van der Waals surface area contributed by atoms with E-state index < -0.39 is 0 Å². The summed E-state index contributed by atoms with van der Waals surface area (Å²) in [6.07, 6.45) is 10.5. The summed E-state index contributed by atoms with van der Waals surface area (Å²) >= 11 is 0. The summed E-state index contributed by atoms with van der Waals surface area (Å²) in [6, 6.07) is 9.90. The second-order valence-corrected chi connectivity index (χ2v) is 10.6. The number of carbonyl (C=O) groups excluding carboxylic acids is 1. The predicted molar refractivity (Wildman–Crippen MR) is 161 cm³/mol. The van der Waals surface area contributed by atoms with Gasteiger partial charge in [0.05, 0.1) is 18.4 Å². The molecule has 1 amide bonds. The Bertz CT molecular complexity index is 1450. The largest absolute Gasteiger partial charge is 0.497 e. The molecule has 2 aromatic heterocycles. The number of hydrogen-bond donors (Lipinski definition) is 0. The fourth-order valence-corrected chi connectivity index (χ4v) is 5.06. The Balaban J connectivity index is 1.52. The minimum Gasteiger partial charge on any atom is -0.497 e. The molecule has 4 rings (SSSR count). The van der Waals surface area contributed by atoms with Crippen molar-refractivity contribution in [3.05, 3.63) is 88.6 Å². The van der Waals surface area contributed by atoms with Crippen LogP contribution in [0.25, 0.3) is 17.3 Å². The van der Waals surface area contributed by atoms with Crippen molar-refractivity contribution in [1.29, 1.82) is 0 Å². The SMILES string of the molecule is C=CCn1cc(C(=O)N(C)C2CCN(c3cc(-c4cccc(OC)c4)ncn3)CC2)c(/C=C\C(C)C)c(C)c1=O. The molecule has 0 saturated carbocycles. The van der Waals surface area contributed by atoms with E-state index in [2.05, 4.69) is 35.3 Å². The molecule has 8 nitrogen and oxygen atoms in total. The molecule has 0 radical (unpaired) electrons. The molecule has 0 spiro atoms. The maximum atomic E-state index is 13.8. The third kappa shape index (κ3) is 6.33. The smallest absolute Gasteiger partial charge is 0.255 e. The molecule has 0 unspecified atom stereocenters. The molecule has 1 saturated heterocycles. The highest BCUT2D eigenvalue weighted by atomic mass is 16.5. The second kappa shape index (κ2) is 12.8. The van der Waals surface area contributed by atoms with Gasteiger partial charge in [-0.2, -0.15) is 0 Å². The van der Waals surface area contributed by atoms with E-state index in [9.17, 15) is 9.59 Å². The highest BCUT2D eigenvalue weighted by Gasteiger charge is 2.28. The van der Waals surface area contributed by atoms with Gasteiger partial charge in [0, 0.05) is 56.1 Å². The van der Waals surface area contributed by atoms with Crippen LogP contribution in [0.4, 0.5) is 5.82 Å². The number of piperidine rings is 1. The van der Waals surface area contributed by atoms with Gasteiger partial charge in [-0.1, -0.05) is 44.2 Å². The highest BCUT2D eigenvalue weighted by Crippen LogP contribution is 2.27. The van der Waals surface area contributed by atoms with Crippen LogP contribution in [0.3, 0.4) is 0 Å². The van der Waals surface area contributed by atoms with Gasteiger partial charge in [-0.05, 0) is 43.4 Å². The number of amides is 1. The van der Waals surface area contributed by atoms with Crippen LogP contribution in [0.15, 0.2) is 66.4 Å². The molecule has 1 aromatic carbocycles. The molecule has 210 valence electrons. The normalized spacial score (nSPS) is 14.1. The first-order chi connectivity index (χ1) is 19.2. The third-order valence-corrected chi connectivity index (χ3v) is 7.44. The van der Waals surface area contributed by atoms with E-state index >= 15 is 0 Å². The molecule has 0 atom stereocenters. The van der Waals surface area contributed by atoms with Gasteiger partial charge in [-0.15, -0.1) is 6.58 Å². The van der Waals surface area contributed by atoms with Gasteiger partial charge in [-0.3, -0.25) is 9.59 Å². The molecule has 0 aliphatic carbocycles. The summed E-state index contributed by atoms with van der Waals surface area (Å²) in [5, 5.41) is 0. The Morgan fingerprint density at radius 1 is 1.23 bits per heavy atom. The number of ether oxygens (including phenoxy) is 1. The van der Waals surface area contributed by atoms with E-state index in [0.717, 1.165) is 48.8 Å². The monoisotopic (exact) mass is 541 g/mol. The maximum Gasteiger partial charge on any atom is 0.255 e.